The van der Waals surface area contributed by atoms with Gasteiger partial charge in [0.1, 0.15) is 0 Å². The van der Waals surface area contributed by atoms with Gasteiger partial charge in [-0.3, -0.25) is 4.79 Å². The minimum absolute atomic E-state index is 0.0596. The van der Waals surface area contributed by atoms with Gasteiger partial charge in [0, 0.05) is 6.42 Å². The highest BCUT2D eigenvalue weighted by Crippen LogP contribution is 2.50. The Morgan fingerprint density at radius 2 is 2.31 bits per heavy atom. The van der Waals surface area contributed by atoms with Crippen molar-refractivity contribution in [1.29, 1.82) is 0 Å². The van der Waals surface area contributed by atoms with Crippen molar-refractivity contribution in [2.24, 2.45) is 11.3 Å². The lowest BCUT2D eigenvalue weighted by molar-refractivity contribution is -0.194. The van der Waals surface area contributed by atoms with Crippen LogP contribution in [0.3, 0.4) is 0 Å². The Kier molecular flexibility index (Phi) is 2.51. The number of rotatable bonds is 2. The summed E-state index contributed by atoms with van der Waals surface area (Å²) in [6.07, 6.45) is 10.0. The van der Waals surface area contributed by atoms with E-state index in [0.717, 1.165) is 45.1 Å². The van der Waals surface area contributed by atoms with Gasteiger partial charge in [-0.2, -0.15) is 0 Å². The molecule has 1 saturated carbocycles. The van der Waals surface area contributed by atoms with Crippen LogP contribution in [-0.2, 0) is 14.3 Å². The van der Waals surface area contributed by atoms with E-state index in [1.165, 1.54) is 0 Å². The number of ether oxygens (including phenoxy) is 2. The number of esters is 1. The van der Waals surface area contributed by atoms with Crippen molar-refractivity contribution in [3.05, 3.63) is 12.2 Å². The number of fused-ring (bicyclic) bond motifs is 2. The maximum absolute atomic E-state index is 12.1. The van der Waals surface area contributed by atoms with Gasteiger partial charge in [-0.1, -0.05) is 12.2 Å². The molecule has 0 amide bonds. The first-order valence-electron chi connectivity index (χ1n) is 6.31. The van der Waals surface area contributed by atoms with Gasteiger partial charge in [0.05, 0.1) is 12.0 Å². The van der Waals surface area contributed by atoms with Gasteiger partial charge in [0.25, 0.3) is 0 Å². The third-order valence-corrected chi connectivity index (χ3v) is 4.06. The van der Waals surface area contributed by atoms with Gasteiger partial charge in [-0.25, -0.2) is 0 Å². The maximum atomic E-state index is 12.1. The van der Waals surface area contributed by atoms with E-state index >= 15 is 0 Å². The largest absolute Gasteiger partial charge is 0.435 e. The molecule has 1 aliphatic heterocycles. The Balaban J connectivity index is 1.62. The molecule has 2 aliphatic carbocycles. The first-order chi connectivity index (χ1) is 7.78. The van der Waals surface area contributed by atoms with Gasteiger partial charge in [-0.05, 0) is 38.0 Å². The van der Waals surface area contributed by atoms with E-state index in [4.69, 9.17) is 9.47 Å². The second-order valence-electron chi connectivity index (χ2n) is 5.22. The molecule has 2 fully saturated rings. The van der Waals surface area contributed by atoms with E-state index < -0.39 is 0 Å². The van der Waals surface area contributed by atoms with Crippen molar-refractivity contribution in [2.45, 2.75) is 44.8 Å². The summed E-state index contributed by atoms with van der Waals surface area (Å²) in [5.74, 6) is 0.551. The molecule has 0 spiro atoms. The van der Waals surface area contributed by atoms with Crippen molar-refractivity contribution in [3.8, 4) is 0 Å². The Morgan fingerprint density at radius 1 is 1.38 bits per heavy atom. The molecular formula is C13H18O3. The minimum Gasteiger partial charge on any atom is -0.435 e. The van der Waals surface area contributed by atoms with Crippen LogP contribution in [0.5, 0.6) is 0 Å². The lowest BCUT2D eigenvalue weighted by atomic mass is 9.88. The van der Waals surface area contributed by atoms with Crippen LogP contribution in [0.15, 0.2) is 12.2 Å². The summed E-state index contributed by atoms with van der Waals surface area (Å²) >= 11 is 0. The standard InChI is InChI=1S/C13H18O3/c14-12(16-11-3-1-2-8-15-11)13-6-4-10(9-13)5-7-13/h4,6,10-11H,1-3,5,7-9H2. The highest BCUT2D eigenvalue weighted by Gasteiger charge is 2.48. The summed E-state index contributed by atoms with van der Waals surface area (Å²) in [7, 11) is 0. The summed E-state index contributed by atoms with van der Waals surface area (Å²) in [4.78, 5) is 12.1. The zero-order valence-corrected chi connectivity index (χ0v) is 9.48. The monoisotopic (exact) mass is 222 g/mol. The fraction of sp³-hybridized carbons (Fsp3) is 0.769. The fourth-order valence-corrected chi connectivity index (χ4v) is 3.05. The molecule has 88 valence electrons. The van der Waals surface area contributed by atoms with Gasteiger partial charge < -0.3 is 9.47 Å². The predicted octanol–water partition coefficient (Wildman–Crippen LogP) is 2.41. The number of hydrogen-bond donors (Lipinski definition) is 0. The molecule has 0 aromatic heterocycles. The Labute approximate surface area is 95.8 Å². The van der Waals surface area contributed by atoms with Crippen molar-refractivity contribution >= 4 is 5.97 Å². The summed E-state index contributed by atoms with van der Waals surface area (Å²) in [5.41, 5.74) is -0.300. The van der Waals surface area contributed by atoms with E-state index in [-0.39, 0.29) is 17.7 Å². The van der Waals surface area contributed by atoms with Crippen LogP contribution in [0.1, 0.15) is 38.5 Å². The summed E-state index contributed by atoms with van der Waals surface area (Å²) < 4.78 is 10.9. The van der Waals surface area contributed by atoms with Crippen LogP contribution in [0.4, 0.5) is 0 Å². The quantitative estimate of drug-likeness (QED) is 0.531. The van der Waals surface area contributed by atoms with Crippen LogP contribution in [-0.4, -0.2) is 18.9 Å². The van der Waals surface area contributed by atoms with Crippen LogP contribution in [0.2, 0.25) is 0 Å². The lowest BCUT2D eigenvalue weighted by Crippen LogP contribution is -2.33. The molecule has 0 aromatic carbocycles. The fourth-order valence-electron chi connectivity index (χ4n) is 3.05. The van der Waals surface area contributed by atoms with Crippen LogP contribution in [0.25, 0.3) is 0 Å². The molecule has 3 nitrogen and oxygen atoms in total. The molecular weight excluding hydrogens is 204 g/mol. The third kappa shape index (κ3) is 1.67. The molecule has 3 atom stereocenters. The summed E-state index contributed by atoms with van der Waals surface area (Å²) in [5, 5.41) is 0. The topological polar surface area (TPSA) is 35.5 Å². The van der Waals surface area contributed by atoms with E-state index in [2.05, 4.69) is 12.2 Å². The van der Waals surface area contributed by atoms with Crippen molar-refractivity contribution in [2.75, 3.05) is 6.61 Å². The highest BCUT2D eigenvalue weighted by molar-refractivity contribution is 5.80. The van der Waals surface area contributed by atoms with Crippen molar-refractivity contribution < 1.29 is 14.3 Å². The van der Waals surface area contributed by atoms with Gasteiger partial charge >= 0.3 is 5.97 Å². The molecule has 1 saturated heterocycles. The van der Waals surface area contributed by atoms with Crippen LogP contribution >= 0.6 is 0 Å². The number of carbonyl (C=O) groups is 1. The van der Waals surface area contributed by atoms with E-state index in [1.807, 2.05) is 0 Å². The molecule has 16 heavy (non-hydrogen) atoms. The highest BCUT2D eigenvalue weighted by atomic mass is 16.7. The number of carbonyl (C=O) groups excluding carboxylic acids is 1. The smallest absolute Gasteiger partial charge is 0.318 e. The van der Waals surface area contributed by atoms with Gasteiger partial charge in [-0.15, -0.1) is 0 Å². The Bertz CT molecular complexity index is 317. The Hall–Kier alpha value is -0.830. The molecule has 0 radical (unpaired) electrons. The maximum Gasteiger partial charge on any atom is 0.318 e. The molecule has 1 heterocycles. The molecule has 0 aromatic rings. The molecule has 3 rings (SSSR count). The molecule has 3 heteroatoms. The SMILES string of the molecule is O=C(OC1CCCCO1)C12C=CC(CC1)C2. The average molecular weight is 222 g/mol. The van der Waals surface area contributed by atoms with Crippen molar-refractivity contribution in [3.63, 3.8) is 0 Å². The molecule has 3 unspecified atom stereocenters. The number of hydrogen-bond acceptors (Lipinski definition) is 3. The Morgan fingerprint density at radius 3 is 2.88 bits per heavy atom. The second-order valence-corrected chi connectivity index (χ2v) is 5.22. The zero-order valence-electron chi connectivity index (χ0n) is 9.48. The third-order valence-electron chi connectivity index (χ3n) is 4.06. The number of allylic oxidation sites excluding steroid dienone is 1. The van der Waals surface area contributed by atoms with Gasteiger partial charge in [0.2, 0.25) is 6.29 Å². The van der Waals surface area contributed by atoms with E-state index in [1.54, 1.807) is 0 Å². The molecule has 0 N–H and O–H groups in total. The first-order valence-corrected chi connectivity index (χ1v) is 6.31. The van der Waals surface area contributed by atoms with Crippen LogP contribution in [0, 0.1) is 11.3 Å². The molecule has 2 bridgehead atoms. The normalized spacial score (nSPS) is 41.2. The second kappa shape index (κ2) is 3.88. The van der Waals surface area contributed by atoms with Crippen LogP contribution < -0.4 is 0 Å². The lowest BCUT2D eigenvalue weighted by Gasteiger charge is -2.27. The van der Waals surface area contributed by atoms with E-state index in [9.17, 15) is 4.79 Å². The summed E-state index contributed by atoms with van der Waals surface area (Å²) in [6.45, 7) is 0.726. The van der Waals surface area contributed by atoms with E-state index in [0.29, 0.717) is 5.92 Å². The average Bonchev–Trinajstić information content (AvgIpc) is 2.91. The predicted molar refractivity (Wildman–Crippen MR) is 58.6 cm³/mol. The van der Waals surface area contributed by atoms with Gasteiger partial charge in [0.15, 0.2) is 0 Å². The van der Waals surface area contributed by atoms with Crippen molar-refractivity contribution in [1.82, 2.24) is 0 Å². The summed E-state index contributed by atoms with van der Waals surface area (Å²) in [6, 6.07) is 0. The molecule has 3 aliphatic rings. The zero-order chi connectivity index (χ0) is 11.0. The first kappa shape index (κ1) is 10.3. The minimum atomic E-state index is -0.300.